The van der Waals surface area contributed by atoms with Gasteiger partial charge in [-0.15, -0.1) is 0 Å². The molecule has 1 heteroatoms. The van der Waals surface area contributed by atoms with Gasteiger partial charge in [0.25, 0.3) is 0 Å². The summed E-state index contributed by atoms with van der Waals surface area (Å²) in [5.74, 6) is 0. The zero-order valence-corrected chi connectivity index (χ0v) is 17.3. The van der Waals surface area contributed by atoms with Gasteiger partial charge in [-0.3, -0.25) is 0 Å². The van der Waals surface area contributed by atoms with Gasteiger partial charge in [0.1, 0.15) is 0 Å². The van der Waals surface area contributed by atoms with Crippen LogP contribution in [-0.2, 0) is 4.74 Å². The molecule has 0 bridgehead atoms. The monoisotopic (exact) mass is 326 g/mol. The molecule has 0 heterocycles. The highest BCUT2D eigenvalue weighted by atomic mass is 16.5. The third kappa shape index (κ3) is 13.0. The van der Waals surface area contributed by atoms with E-state index in [9.17, 15) is 0 Å². The van der Waals surface area contributed by atoms with Crippen LogP contribution in [0.25, 0.3) is 0 Å². The lowest BCUT2D eigenvalue weighted by molar-refractivity contribution is -0.146. The Morgan fingerprint density at radius 2 is 0.913 bits per heavy atom. The fraction of sp³-hybridized carbons (Fsp3) is 1.00. The first-order valence-electron chi connectivity index (χ1n) is 10.6. The van der Waals surface area contributed by atoms with Crippen molar-refractivity contribution in [1.29, 1.82) is 0 Å². The molecule has 0 spiro atoms. The van der Waals surface area contributed by atoms with Gasteiger partial charge in [-0.2, -0.15) is 0 Å². The van der Waals surface area contributed by atoms with Gasteiger partial charge in [0.15, 0.2) is 0 Å². The number of ether oxygens (including phenoxy) is 1. The smallest absolute Gasteiger partial charge is 0.0689 e. The van der Waals surface area contributed by atoms with Gasteiger partial charge in [-0.05, 0) is 40.0 Å². The highest BCUT2D eigenvalue weighted by molar-refractivity contribution is 4.84. The van der Waals surface area contributed by atoms with E-state index in [0.717, 1.165) is 0 Å². The van der Waals surface area contributed by atoms with E-state index in [1.165, 1.54) is 89.9 Å². The molecule has 1 nitrogen and oxygen atoms in total. The van der Waals surface area contributed by atoms with Gasteiger partial charge in [0.2, 0.25) is 0 Å². The highest BCUT2D eigenvalue weighted by Crippen LogP contribution is 2.35. The van der Waals surface area contributed by atoms with Crippen LogP contribution in [0.3, 0.4) is 0 Å². The van der Waals surface area contributed by atoms with Crippen LogP contribution in [0, 0.1) is 0 Å². The zero-order chi connectivity index (χ0) is 17.6. The molecule has 23 heavy (non-hydrogen) atoms. The van der Waals surface area contributed by atoms with Crippen LogP contribution < -0.4 is 0 Å². The minimum atomic E-state index is -0.0252. The van der Waals surface area contributed by atoms with E-state index in [4.69, 9.17) is 4.74 Å². The summed E-state index contributed by atoms with van der Waals surface area (Å²) < 4.78 is 6.67. The van der Waals surface area contributed by atoms with Crippen LogP contribution in [0.4, 0.5) is 0 Å². The second kappa shape index (κ2) is 13.3. The van der Waals surface area contributed by atoms with E-state index >= 15 is 0 Å². The van der Waals surface area contributed by atoms with Crippen LogP contribution in [0.2, 0.25) is 0 Å². The summed E-state index contributed by atoms with van der Waals surface area (Å²) in [5, 5.41) is 0. The maximum atomic E-state index is 6.67. The second-order valence-electron chi connectivity index (χ2n) is 8.48. The van der Waals surface area contributed by atoms with Gasteiger partial charge < -0.3 is 4.74 Å². The van der Waals surface area contributed by atoms with Crippen molar-refractivity contribution in [2.45, 2.75) is 143 Å². The average molecular weight is 327 g/mol. The summed E-state index contributed by atoms with van der Waals surface area (Å²) in [7, 11) is 0. The van der Waals surface area contributed by atoms with E-state index in [2.05, 4.69) is 41.5 Å². The Balaban J connectivity index is 4.47. The minimum Gasteiger partial charge on any atom is -0.369 e. The van der Waals surface area contributed by atoms with Crippen molar-refractivity contribution in [3.63, 3.8) is 0 Å². The summed E-state index contributed by atoms with van der Waals surface area (Å²) in [6.07, 6.45) is 18.6. The summed E-state index contributed by atoms with van der Waals surface area (Å²) >= 11 is 0. The van der Waals surface area contributed by atoms with E-state index in [1.807, 2.05) is 0 Å². The molecule has 0 aromatic carbocycles. The lowest BCUT2D eigenvalue weighted by Crippen LogP contribution is -2.40. The van der Waals surface area contributed by atoms with Crippen molar-refractivity contribution in [2.24, 2.45) is 0 Å². The third-order valence-corrected chi connectivity index (χ3v) is 4.73. The van der Waals surface area contributed by atoms with Crippen molar-refractivity contribution >= 4 is 0 Å². The molecular formula is C22H46O. The Morgan fingerprint density at radius 3 is 1.35 bits per heavy atom. The van der Waals surface area contributed by atoms with Crippen molar-refractivity contribution < 1.29 is 4.74 Å². The average Bonchev–Trinajstić information content (AvgIpc) is 2.48. The predicted octanol–water partition coefficient (Wildman–Crippen LogP) is 8.06. The SMILES string of the molecule is CCCCCCCCCC(CCCC)(CCCC)OC(C)(C)C. The fourth-order valence-corrected chi connectivity index (χ4v) is 3.58. The molecule has 0 aliphatic heterocycles. The zero-order valence-electron chi connectivity index (χ0n) is 17.3. The van der Waals surface area contributed by atoms with Gasteiger partial charge in [0, 0.05) is 0 Å². The molecule has 0 saturated carbocycles. The first kappa shape index (κ1) is 23.0. The molecule has 0 fully saturated rings. The Bertz CT molecular complexity index is 243. The van der Waals surface area contributed by atoms with Crippen LogP contribution in [0.5, 0.6) is 0 Å². The standard InChI is InChI=1S/C22H46O/c1-7-10-13-14-15-16-17-20-22(18-11-8-2,19-12-9-3)23-21(4,5)6/h7-20H2,1-6H3. The third-order valence-electron chi connectivity index (χ3n) is 4.73. The van der Waals surface area contributed by atoms with E-state index in [0.29, 0.717) is 0 Å². The molecule has 0 saturated heterocycles. The minimum absolute atomic E-state index is 0.0252. The summed E-state index contributed by atoms with van der Waals surface area (Å²) in [6, 6.07) is 0. The Morgan fingerprint density at radius 1 is 0.522 bits per heavy atom. The van der Waals surface area contributed by atoms with E-state index in [-0.39, 0.29) is 11.2 Å². The van der Waals surface area contributed by atoms with E-state index in [1.54, 1.807) is 0 Å². The highest BCUT2D eigenvalue weighted by Gasteiger charge is 2.33. The lowest BCUT2D eigenvalue weighted by Gasteiger charge is -2.40. The van der Waals surface area contributed by atoms with Crippen LogP contribution in [0.15, 0.2) is 0 Å². The molecule has 0 N–H and O–H groups in total. The Labute approximate surface area is 148 Å². The number of unbranched alkanes of at least 4 members (excludes halogenated alkanes) is 8. The van der Waals surface area contributed by atoms with Crippen LogP contribution in [0.1, 0.15) is 131 Å². The van der Waals surface area contributed by atoms with Crippen molar-refractivity contribution in [1.82, 2.24) is 0 Å². The summed E-state index contributed by atoms with van der Waals surface area (Å²) in [4.78, 5) is 0. The summed E-state index contributed by atoms with van der Waals surface area (Å²) in [5.41, 5.74) is 0.107. The van der Waals surface area contributed by atoms with Gasteiger partial charge in [-0.1, -0.05) is 91.4 Å². The van der Waals surface area contributed by atoms with Gasteiger partial charge in [0.05, 0.1) is 11.2 Å². The molecule has 0 atom stereocenters. The molecular weight excluding hydrogens is 280 g/mol. The first-order valence-corrected chi connectivity index (χ1v) is 10.6. The molecule has 0 unspecified atom stereocenters. The molecule has 0 aromatic heterocycles. The topological polar surface area (TPSA) is 9.23 Å². The lowest BCUT2D eigenvalue weighted by atomic mass is 9.84. The van der Waals surface area contributed by atoms with Gasteiger partial charge in [-0.25, -0.2) is 0 Å². The molecule has 0 aliphatic carbocycles. The van der Waals surface area contributed by atoms with Crippen LogP contribution in [-0.4, -0.2) is 11.2 Å². The number of hydrogen-bond acceptors (Lipinski definition) is 1. The first-order chi connectivity index (χ1) is 10.9. The molecule has 140 valence electrons. The van der Waals surface area contributed by atoms with Crippen LogP contribution >= 0.6 is 0 Å². The molecule has 0 aromatic rings. The van der Waals surface area contributed by atoms with Gasteiger partial charge >= 0.3 is 0 Å². The molecule has 0 radical (unpaired) electrons. The van der Waals surface area contributed by atoms with E-state index < -0.39 is 0 Å². The second-order valence-corrected chi connectivity index (χ2v) is 8.48. The molecule has 0 aliphatic rings. The Kier molecular flexibility index (Phi) is 13.3. The van der Waals surface area contributed by atoms with Crippen molar-refractivity contribution in [2.75, 3.05) is 0 Å². The van der Waals surface area contributed by atoms with Crippen molar-refractivity contribution in [3.8, 4) is 0 Å². The number of rotatable bonds is 15. The quantitative estimate of drug-likeness (QED) is 0.276. The maximum absolute atomic E-state index is 6.67. The summed E-state index contributed by atoms with van der Waals surface area (Å²) in [6.45, 7) is 13.6. The molecule has 0 rings (SSSR count). The normalized spacial score (nSPS) is 12.8. The van der Waals surface area contributed by atoms with Crippen molar-refractivity contribution in [3.05, 3.63) is 0 Å². The Hall–Kier alpha value is -0.0400. The fourth-order valence-electron chi connectivity index (χ4n) is 3.58. The maximum Gasteiger partial charge on any atom is 0.0689 e. The predicted molar refractivity (Wildman–Crippen MR) is 105 cm³/mol. The number of hydrogen-bond donors (Lipinski definition) is 0. The molecule has 0 amide bonds. The largest absolute Gasteiger partial charge is 0.369 e.